The van der Waals surface area contributed by atoms with Crippen LogP contribution in [0.4, 0.5) is 18.9 Å². The van der Waals surface area contributed by atoms with Gasteiger partial charge in [-0.05, 0) is 40.3 Å². The van der Waals surface area contributed by atoms with Gasteiger partial charge in [0.25, 0.3) is 0 Å². The van der Waals surface area contributed by atoms with Crippen molar-refractivity contribution in [2.45, 2.75) is 39.1 Å². The summed E-state index contributed by atoms with van der Waals surface area (Å²) in [5, 5.41) is 3.84. The SMILES string of the molecule is CC(C)(C)c1ccc(CNc2cccc(-c3ccc(OC(F)(F)F)cc3)c2Cl)cc1. The van der Waals surface area contributed by atoms with E-state index in [-0.39, 0.29) is 11.2 Å². The van der Waals surface area contributed by atoms with Crippen molar-refractivity contribution in [2.24, 2.45) is 0 Å². The molecule has 3 aromatic carbocycles. The minimum Gasteiger partial charge on any atom is -0.406 e. The average molecular weight is 434 g/mol. The highest BCUT2D eigenvalue weighted by Crippen LogP contribution is 2.35. The zero-order valence-electron chi connectivity index (χ0n) is 17.0. The van der Waals surface area contributed by atoms with Crippen molar-refractivity contribution in [3.63, 3.8) is 0 Å². The van der Waals surface area contributed by atoms with Gasteiger partial charge < -0.3 is 10.1 Å². The monoisotopic (exact) mass is 433 g/mol. The van der Waals surface area contributed by atoms with E-state index in [4.69, 9.17) is 11.6 Å². The van der Waals surface area contributed by atoms with Crippen LogP contribution in [0.15, 0.2) is 66.7 Å². The summed E-state index contributed by atoms with van der Waals surface area (Å²) in [4.78, 5) is 0. The molecule has 0 bridgehead atoms. The molecule has 0 aliphatic heterocycles. The van der Waals surface area contributed by atoms with Crippen LogP contribution in [0.25, 0.3) is 11.1 Å². The molecule has 0 amide bonds. The van der Waals surface area contributed by atoms with Crippen LogP contribution in [0.2, 0.25) is 5.02 Å². The van der Waals surface area contributed by atoms with E-state index in [2.05, 4.69) is 55.1 Å². The van der Waals surface area contributed by atoms with Gasteiger partial charge in [-0.25, -0.2) is 0 Å². The average Bonchev–Trinajstić information content (AvgIpc) is 2.66. The fourth-order valence-corrected chi connectivity index (χ4v) is 3.35. The maximum atomic E-state index is 12.3. The minimum atomic E-state index is -4.71. The second-order valence-electron chi connectivity index (χ2n) is 8.04. The van der Waals surface area contributed by atoms with E-state index in [0.29, 0.717) is 17.1 Å². The van der Waals surface area contributed by atoms with Crippen LogP contribution in [0, 0.1) is 0 Å². The van der Waals surface area contributed by atoms with Crippen molar-refractivity contribution < 1.29 is 17.9 Å². The standard InChI is InChI=1S/C24H23ClF3NO/c1-23(2,3)18-11-7-16(8-12-18)15-29-21-6-4-5-20(22(21)25)17-9-13-19(14-10-17)30-24(26,27)28/h4-14,29H,15H2,1-3H3. The molecular weight excluding hydrogens is 411 g/mol. The zero-order chi connectivity index (χ0) is 21.9. The van der Waals surface area contributed by atoms with Crippen molar-refractivity contribution in [1.29, 1.82) is 0 Å². The van der Waals surface area contributed by atoms with Crippen LogP contribution in [0.1, 0.15) is 31.9 Å². The summed E-state index contributed by atoms with van der Waals surface area (Å²) < 4.78 is 40.9. The Bertz CT molecular complexity index is 991. The number of anilines is 1. The Kier molecular flexibility index (Phi) is 6.32. The summed E-state index contributed by atoms with van der Waals surface area (Å²) in [5.41, 5.74) is 4.67. The molecule has 0 aliphatic carbocycles. The maximum Gasteiger partial charge on any atom is 0.573 e. The number of alkyl halides is 3. The first kappa shape index (κ1) is 22.0. The molecule has 2 nitrogen and oxygen atoms in total. The summed E-state index contributed by atoms with van der Waals surface area (Å²) in [7, 11) is 0. The van der Waals surface area contributed by atoms with Crippen LogP contribution in [0.5, 0.6) is 5.75 Å². The molecule has 3 rings (SSSR count). The van der Waals surface area contributed by atoms with Gasteiger partial charge in [-0.1, -0.05) is 80.9 Å². The molecule has 6 heteroatoms. The van der Waals surface area contributed by atoms with Crippen LogP contribution < -0.4 is 10.1 Å². The third-order valence-electron chi connectivity index (χ3n) is 4.70. The number of rotatable bonds is 5. The van der Waals surface area contributed by atoms with Gasteiger partial charge in [-0.2, -0.15) is 0 Å². The summed E-state index contributed by atoms with van der Waals surface area (Å²) in [6.07, 6.45) is -4.71. The molecule has 0 aliphatic rings. The highest BCUT2D eigenvalue weighted by molar-refractivity contribution is 6.36. The lowest BCUT2D eigenvalue weighted by Gasteiger charge is -2.19. The Morgan fingerprint density at radius 3 is 2.07 bits per heavy atom. The van der Waals surface area contributed by atoms with Crippen LogP contribution >= 0.6 is 11.6 Å². The topological polar surface area (TPSA) is 21.3 Å². The molecule has 0 atom stereocenters. The zero-order valence-corrected chi connectivity index (χ0v) is 17.7. The molecule has 0 radical (unpaired) electrons. The van der Waals surface area contributed by atoms with E-state index < -0.39 is 6.36 Å². The van der Waals surface area contributed by atoms with Gasteiger partial charge in [0.2, 0.25) is 0 Å². The summed E-state index contributed by atoms with van der Waals surface area (Å²) in [5.74, 6) is -0.268. The van der Waals surface area contributed by atoms with Gasteiger partial charge >= 0.3 is 6.36 Å². The molecule has 0 saturated heterocycles. The van der Waals surface area contributed by atoms with E-state index in [1.165, 1.54) is 17.7 Å². The van der Waals surface area contributed by atoms with E-state index in [1.54, 1.807) is 12.1 Å². The Morgan fingerprint density at radius 2 is 1.50 bits per heavy atom. The van der Waals surface area contributed by atoms with E-state index in [1.807, 2.05) is 18.2 Å². The summed E-state index contributed by atoms with van der Waals surface area (Å²) >= 11 is 6.57. The predicted octanol–water partition coefficient (Wildman–Crippen LogP) is 7.82. The molecule has 0 saturated carbocycles. The highest BCUT2D eigenvalue weighted by atomic mass is 35.5. The Hall–Kier alpha value is -2.66. The lowest BCUT2D eigenvalue weighted by molar-refractivity contribution is -0.274. The maximum absolute atomic E-state index is 12.3. The Morgan fingerprint density at radius 1 is 0.867 bits per heavy atom. The van der Waals surface area contributed by atoms with Crippen LogP contribution in [-0.2, 0) is 12.0 Å². The van der Waals surface area contributed by atoms with Gasteiger partial charge in [-0.3, -0.25) is 0 Å². The molecule has 0 unspecified atom stereocenters. The van der Waals surface area contributed by atoms with Crippen LogP contribution in [-0.4, -0.2) is 6.36 Å². The molecule has 30 heavy (non-hydrogen) atoms. The van der Waals surface area contributed by atoms with Gasteiger partial charge in [0.15, 0.2) is 0 Å². The molecule has 1 N–H and O–H groups in total. The molecule has 0 spiro atoms. The lowest BCUT2D eigenvalue weighted by Crippen LogP contribution is -2.16. The second kappa shape index (κ2) is 8.60. The molecular formula is C24H23ClF3NO. The number of halogens is 4. The van der Waals surface area contributed by atoms with E-state index in [0.717, 1.165) is 16.8 Å². The third kappa shape index (κ3) is 5.70. The van der Waals surface area contributed by atoms with Gasteiger partial charge in [0.05, 0.1) is 10.7 Å². The fraction of sp³-hybridized carbons (Fsp3) is 0.250. The fourth-order valence-electron chi connectivity index (χ4n) is 3.05. The second-order valence-corrected chi connectivity index (χ2v) is 8.42. The van der Waals surface area contributed by atoms with E-state index in [9.17, 15) is 13.2 Å². The van der Waals surface area contributed by atoms with Gasteiger partial charge in [0, 0.05) is 12.1 Å². The Labute approximate surface area is 179 Å². The minimum absolute atomic E-state index is 0.101. The third-order valence-corrected chi connectivity index (χ3v) is 5.11. The first-order valence-corrected chi connectivity index (χ1v) is 9.89. The molecule has 0 heterocycles. The molecule has 0 fully saturated rings. The summed E-state index contributed by atoms with van der Waals surface area (Å²) in [6.45, 7) is 7.12. The smallest absolute Gasteiger partial charge is 0.406 e. The normalized spacial score (nSPS) is 12.0. The molecule has 3 aromatic rings. The Balaban J connectivity index is 1.73. The van der Waals surface area contributed by atoms with Crippen molar-refractivity contribution in [2.75, 3.05) is 5.32 Å². The van der Waals surface area contributed by atoms with Crippen molar-refractivity contribution in [3.8, 4) is 16.9 Å². The molecule has 158 valence electrons. The lowest BCUT2D eigenvalue weighted by atomic mass is 9.87. The van der Waals surface area contributed by atoms with Crippen LogP contribution in [0.3, 0.4) is 0 Å². The van der Waals surface area contributed by atoms with Crippen molar-refractivity contribution in [1.82, 2.24) is 0 Å². The number of ether oxygens (including phenoxy) is 1. The number of benzene rings is 3. The first-order valence-electron chi connectivity index (χ1n) is 9.51. The number of nitrogens with one attached hydrogen (secondary N) is 1. The number of hydrogen-bond donors (Lipinski definition) is 1. The van der Waals surface area contributed by atoms with Crippen molar-refractivity contribution >= 4 is 17.3 Å². The number of hydrogen-bond acceptors (Lipinski definition) is 2. The van der Waals surface area contributed by atoms with E-state index >= 15 is 0 Å². The van der Waals surface area contributed by atoms with Crippen molar-refractivity contribution in [3.05, 3.63) is 82.9 Å². The quantitative estimate of drug-likeness (QED) is 0.443. The van der Waals surface area contributed by atoms with Gasteiger partial charge in [-0.15, -0.1) is 13.2 Å². The largest absolute Gasteiger partial charge is 0.573 e. The summed E-state index contributed by atoms with van der Waals surface area (Å²) in [6, 6.07) is 19.6. The first-order chi connectivity index (χ1) is 14.0. The predicted molar refractivity (Wildman–Crippen MR) is 116 cm³/mol. The highest BCUT2D eigenvalue weighted by Gasteiger charge is 2.31. The van der Waals surface area contributed by atoms with Gasteiger partial charge in [0.1, 0.15) is 5.75 Å². The molecule has 0 aromatic heterocycles.